The van der Waals surface area contributed by atoms with Gasteiger partial charge in [-0.25, -0.2) is 9.97 Å². The van der Waals surface area contributed by atoms with Crippen molar-refractivity contribution in [2.75, 3.05) is 19.5 Å². The number of imidazole rings is 1. The molecule has 0 aliphatic heterocycles. The lowest BCUT2D eigenvalue weighted by molar-refractivity contribution is -0.119. The minimum absolute atomic E-state index is 0.0262. The predicted octanol–water partition coefficient (Wildman–Crippen LogP) is 3.28. The van der Waals surface area contributed by atoms with Crippen LogP contribution in [0.4, 0.5) is 0 Å². The molecule has 0 radical (unpaired) electrons. The van der Waals surface area contributed by atoms with E-state index in [1.807, 2.05) is 59.9 Å². The molecule has 0 bridgehead atoms. The molecule has 27 heavy (non-hydrogen) atoms. The van der Waals surface area contributed by atoms with Gasteiger partial charge in [0.05, 0.1) is 28.9 Å². The van der Waals surface area contributed by atoms with Gasteiger partial charge in [-0.3, -0.25) is 9.20 Å². The number of fused-ring (bicyclic) bond motifs is 5. The number of methoxy groups -OCH3 is 1. The first-order valence-electron chi connectivity index (χ1n) is 8.74. The zero-order chi connectivity index (χ0) is 18.8. The first-order chi connectivity index (χ1) is 13.2. The van der Waals surface area contributed by atoms with E-state index in [0.717, 1.165) is 32.7 Å². The average Bonchev–Trinajstić information content (AvgIpc) is 3.06. The molecule has 0 aliphatic rings. The maximum absolute atomic E-state index is 12.3. The van der Waals surface area contributed by atoms with E-state index in [-0.39, 0.29) is 17.7 Å². The summed E-state index contributed by atoms with van der Waals surface area (Å²) in [5.74, 6) is 0.234. The maximum atomic E-state index is 12.3. The summed E-state index contributed by atoms with van der Waals surface area (Å²) in [4.78, 5) is 21.9. The molecular formula is C20H20N4O2S. The highest BCUT2D eigenvalue weighted by Crippen LogP contribution is 2.28. The molecule has 1 atom stereocenters. The molecule has 0 unspecified atom stereocenters. The summed E-state index contributed by atoms with van der Waals surface area (Å²) in [6.07, 6.45) is 0. The van der Waals surface area contributed by atoms with Crippen molar-refractivity contribution in [3.8, 4) is 0 Å². The van der Waals surface area contributed by atoms with Gasteiger partial charge in [0.15, 0.2) is 5.16 Å². The number of para-hydroxylation sites is 3. The molecule has 2 aromatic carbocycles. The second-order valence-corrected chi connectivity index (χ2v) is 7.33. The molecule has 0 saturated heterocycles. The zero-order valence-corrected chi connectivity index (χ0v) is 16.0. The Morgan fingerprint density at radius 1 is 1.15 bits per heavy atom. The predicted molar refractivity (Wildman–Crippen MR) is 108 cm³/mol. The standard InChI is InChI=1S/C20H20N4O2S/c1-13(11-26-2)21-18(25)12-27-20-23-15-8-4-3-7-14(15)19-22-16-9-5-6-10-17(16)24(19)20/h3-10,13H,11-12H2,1-2H3,(H,21,25)/t13-/m0/s1. The van der Waals surface area contributed by atoms with Crippen molar-refractivity contribution in [3.05, 3.63) is 48.5 Å². The van der Waals surface area contributed by atoms with Crippen LogP contribution in [0, 0.1) is 0 Å². The van der Waals surface area contributed by atoms with Crippen molar-refractivity contribution in [2.45, 2.75) is 18.1 Å². The highest BCUT2D eigenvalue weighted by Gasteiger charge is 2.15. The van der Waals surface area contributed by atoms with Crippen molar-refractivity contribution in [1.29, 1.82) is 0 Å². The second kappa shape index (κ2) is 7.54. The van der Waals surface area contributed by atoms with Crippen LogP contribution in [0.1, 0.15) is 6.92 Å². The molecule has 0 saturated carbocycles. The van der Waals surface area contributed by atoms with E-state index >= 15 is 0 Å². The lowest BCUT2D eigenvalue weighted by atomic mass is 10.2. The maximum Gasteiger partial charge on any atom is 0.230 e. The molecule has 2 heterocycles. The van der Waals surface area contributed by atoms with E-state index in [0.29, 0.717) is 6.61 Å². The summed E-state index contributed by atoms with van der Waals surface area (Å²) in [7, 11) is 1.62. The van der Waals surface area contributed by atoms with E-state index < -0.39 is 0 Å². The van der Waals surface area contributed by atoms with E-state index in [9.17, 15) is 4.79 Å². The Morgan fingerprint density at radius 2 is 1.89 bits per heavy atom. The lowest BCUT2D eigenvalue weighted by Crippen LogP contribution is -2.36. The number of amides is 1. The van der Waals surface area contributed by atoms with Gasteiger partial charge in [0.25, 0.3) is 0 Å². The van der Waals surface area contributed by atoms with E-state index in [2.05, 4.69) is 5.32 Å². The van der Waals surface area contributed by atoms with Crippen molar-refractivity contribution in [2.24, 2.45) is 0 Å². The Morgan fingerprint density at radius 3 is 2.70 bits per heavy atom. The van der Waals surface area contributed by atoms with Crippen LogP contribution in [0.15, 0.2) is 53.7 Å². The first kappa shape index (κ1) is 17.8. The third-order valence-corrected chi connectivity index (χ3v) is 5.21. The topological polar surface area (TPSA) is 68.5 Å². The molecule has 0 spiro atoms. The van der Waals surface area contributed by atoms with Crippen LogP contribution >= 0.6 is 11.8 Å². The van der Waals surface area contributed by atoms with Crippen molar-refractivity contribution in [1.82, 2.24) is 19.7 Å². The van der Waals surface area contributed by atoms with Crippen molar-refractivity contribution in [3.63, 3.8) is 0 Å². The third-order valence-electron chi connectivity index (χ3n) is 4.27. The van der Waals surface area contributed by atoms with Crippen LogP contribution < -0.4 is 5.32 Å². The van der Waals surface area contributed by atoms with Gasteiger partial charge < -0.3 is 10.1 Å². The molecule has 1 amide bonds. The van der Waals surface area contributed by atoms with Gasteiger partial charge in [-0.2, -0.15) is 0 Å². The van der Waals surface area contributed by atoms with Crippen LogP contribution in [0.3, 0.4) is 0 Å². The smallest absolute Gasteiger partial charge is 0.230 e. The molecule has 4 aromatic rings. The Labute approximate surface area is 160 Å². The number of hydrogen-bond acceptors (Lipinski definition) is 5. The number of benzene rings is 2. The lowest BCUT2D eigenvalue weighted by Gasteiger charge is -2.13. The Hall–Kier alpha value is -2.64. The van der Waals surface area contributed by atoms with E-state index in [1.165, 1.54) is 11.8 Å². The van der Waals surface area contributed by atoms with Crippen LogP contribution in [-0.2, 0) is 9.53 Å². The number of carbonyl (C=O) groups is 1. The molecule has 7 heteroatoms. The minimum atomic E-state index is -0.0444. The molecule has 0 fully saturated rings. The monoisotopic (exact) mass is 380 g/mol. The third kappa shape index (κ3) is 3.48. The molecule has 0 aliphatic carbocycles. The van der Waals surface area contributed by atoms with Gasteiger partial charge in [0.2, 0.25) is 5.91 Å². The van der Waals surface area contributed by atoms with Gasteiger partial charge in [-0.15, -0.1) is 0 Å². The summed E-state index contributed by atoms with van der Waals surface area (Å²) in [6.45, 7) is 2.41. The van der Waals surface area contributed by atoms with Crippen molar-refractivity contribution >= 4 is 45.3 Å². The minimum Gasteiger partial charge on any atom is -0.383 e. The second-order valence-electron chi connectivity index (χ2n) is 6.38. The van der Waals surface area contributed by atoms with Gasteiger partial charge in [-0.1, -0.05) is 36.0 Å². The van der Waals surface area contributed by atoms with Gasteiger partial charge in [0.1, 0.15) is 5.65 Å². The highest BCUT2D eigenvalue weighted by atomic mass is 32.2. The zero-order valence-electron chi connectivity index (χ0n) is 15.2. The summed E-state index contributed by atoms with van der Waals surface area (Å²) >= 11 is 1.41. The number of thioether (sulfide) groups is 1. The fraction of sp³-hybridized carbons (Fsp3) is 0.250. The summed E-state index contributed by atoms with van der Waals surface area (Å²) < 4.78 is 7.10. The van der Waals surface area contributed by atoms with E-state index in [1.54, 1.807) is 7.11 Å². The summed E-state index contributed by atoms with van der Waals surface area (Å²) in [5.41, 5.74) is 3.63. The number of nitrogens with zero attached hydrogens (tertiary/aromatic N) is 3. The Kier molecular flexibility index (Phi) is 4.96. The fourth-order valence-electron chi connectivity index (χ4n) is 3.15. The average molecular weight is 380 g/mol. The first-order valence-corrected chi connectivity index (χ1v) is 9.73. The number of aromatic nitrogens is 3. The number of nitrogens with one attached hydrogen (secondary N) is 1. The van der Waals surface area contributed by atoms with Crippen LogP contribution in [0.2, 0.25) is 0 Å². The summed E-state index contributed by atoms with van der Waals surface area (Å²) in [6, 6.07) is 15.9. The van der Waals surface area contributed by atoms with Gasteiger partial charge in [0, 0.05) is 18.5 Å². The van der Waals surface area contributed by atoms with Crippen LogP contribution in [0.5, 0.6) is 0 Å². The molecule has 138 valence electrons. The molecule has 4 rings (SSSR count). The van der Waals surface area contributed by atoms with Gasteiger partial charge in [-0.05, 0) is 31.2 Å². The molecule has 1 N–H and O–H groups in total. The number of carbonyl (C=O) groups excluding carboxylic acids is 1. The molecule has 2 aromatic heterocycles. The van der Waals surface area contributed by atoms with Crippen molar-refractivity contribution < 1.29 is 9.53 Å². The SMILES string of the molecule is COC[C@H](C)NC(=O)CSc1nc2ccccc2c2nc3ccccc3n12. The Bertz CT molecular complexity index is 1130. The largest absolute Gasteiger partial charge is 0.383 e. The number of ether oxygens (including phenoxy) is 1. The molecule has 6 nitrogen and oxygen atoms in total. The van der Waals surface area contributed by atoms with E-state index in [4.69, 9.17) is 14.7 Å². The van der Waals surface area contributed by atoms with Crippen LogP contribution in [0.25, 0.3) is 27.6 Å². The summed E-state index contributed by atoms with van der Waals surface area (Å²) in [5, 5.41) is 4.68. The highest BCUT2D eigenvalue weighted by molar-refractivity contribution is 7.99. The Balaban J connectivity index is 1.73. The van der Waals surface area contributed by atoms with Crippen LogP contribution in [-0.4, -0.2) is 45.8 Å². The fourth-order valence-corrected chi connectivity index (χ4v) is 3.97. The number of hydrogen-bond donors (Lipinski definition) is 1. The quantitative estimate of drug-likeness (QED) is 0.411. The van der Waals surface area contributed by atoms with Gasteiger partial charge >= 0.3 is 0 Å². The number of rotatable bonds is 6. The normalized spacial score (nSPS) is 12.7. The molecular weight excluding hydrogens is 360 g/mol.